The van der Waals surface area contributed by atoms with Crippen molar-refractivity contribution in [3.63, 3.8) is 0 Å². The van der Waals surface area contributed by atoms with Crippen LogP contribution in [0.15, 0.2) is 64.2 Å². The molecular weight excluding hydrogens is 364 g/mol. The zero-order valence-corrected chi connectivity index (χ0v) is 15.6. The largest absolute Gasteiger partial charge is 0.411 e. The molecule has 0 aliphatic heterocycles. The van der Waals surface area contributed by atoms with E-state index < -0.39 is 5.25 Å². The number of aryl methyl sites for hydroxylation is 1. The van der Waals surface area contributed by atoms with E-state index in [9.17, 15) is 9.59 Å². The van der Waals surface area contributed by atoms with Gasteiger partial charge in [-0.05, 0) is 38.1 Å². The van der Waals surface area contributed by atoms with Crippen LogP contribution in [0.1, 0.15) is 22.8 Å². The van der Waals surface area contributed by atoms with Crippen LogP contribution in [0.3, 0.4) is 0 Å². The van der Waals surface area contributed by atoms with Crippen molar-refractivity contribution in [3.05, 3.63) is 65.7 Å². The summed E-state index contributed by atoms with van der Waals surface area (Å²) in [6.07, 6.45) is 0. The van der Waals surface area contributed by atoms with Crippen molar-refractivity contribution in [1.29, 1.82) is 0 Å². The van der Waals surface area contributed by atoms with Crippen molar-refractivity contribution in [3.8, 4) is 11.5 Å². The topological polar surface area (TPSA) is 97.1 Å². The average molecular weight is 382 g/mol. The van der Waals surface area contributed by atoms with Crippen molar-refractivity contribution in [2.45, 2.75) is 24.3 Å². The molecule has 27 heavy (non-hydrogen) atoms. The summed E-state index contributed by atoms with van der Waals surface area (Å²) in [6, 6.07) is 16.3. The van der Waals surface area contributed by atoms with Gasteiger partial charge in [-0.3, -0.25) is 20.4 Å². The summed E-state index contributed by atoms with van der Waals surface area (Å²) in [6.45, 7) is 3.68. The second-order valence-electron chi connectivity index (χ2n) is 5.81. The lowest BCUT2D eigenvalue weighted by Crippen LogP contribution is -2.44. The zero-order valence-electron chi connectivity index (χ0n) is 14.8. The number of rotatable bonds is 5. The second-order valence-corrected chi connectivity index (χ2v) is 7.10. The Hall–Kier alpha value is -3.13. The van der Waals surface area contributed by atoms with Gasteiger partial charge in [0, 0.05) is 11.1 Å². The molecule has 0 spiro atoms. The van der Waals surface area contributed by atoms with E-state index in [2.05, 4.69) is 21.0 Å². The molecule has 2 aromatic carbocycles. The number of carbonyl (C=O) groups is 2. The number of amides is 2. The third-order valence-electron chi connectivity index (χ3n) is 3.69. The molecule has 0 saturated heterocycles. The Kier molecular flexibility index (Phi) is 5.87. The van der Waals surface area contributed by atoms with Gasteiger partial charge in [-0.2, -0.15) is 0 Å². The number of nitrogens with one attached hydrogen (secondary N) is 2. The molecule has 138 valence electrons. The number of hydrogen-bond donors (Lipinski definition) is 2. The highest BCUT2D eigenvalue weighted by atomic mass is 32.2. The average Bonchev–Trinajstić information content (AvgIpc) is 3.15. The molecule has 0 radical (unpaired) electrons. The zero-order chi connectivity index (χ0) is 19.2. The molecule has 1 atom stereocenters. The maximum Gasteiger partial charge on any atom is 0.277 e. The number of hydrogen-bond acceptors (Lipinski definition) is 6. The van der Waals surface area contributed by atoms with Gasteiger partial charge in [0.15, 0.2) is 0 Å². The molecule has 0 aliphatic carbocycles. The summed E-state index contributed by atoms with van der Waals surface area (Å²) in [5, 5.41) is 7.71. The van der Waals surface area contributed by atoms with E-state index >= 15 is 0 Å². The summed E-state index contributed by atoms with van der Waals surface area (Å²) < 4.78 is 5.60. The summed E-state index contributed by atoms with van der Waals surface area (Å²) in [7, 11) is 0. The van der Waals surface area contributed by atoms with Crippen LogP contribution in [0, 0.1) is 6.92 Å². The molecule has 0 aliphatic rings. The normalized spacial score (nSPS) is 11.6. The van der Waals surface area contributed by atoms with Crippen LogP contribution in [0.2, 0.25) is 0 Å². The lowest BCUT2D eigenvalue weighted by Gasteiger charge is -2.10. The Balaban J connectivity index is 1.54. The van der Waals surface area contributed by atoms with E-state index in [1.165, 1.54) is 0 Å². The predicted octanol–water partition coefficient (Wildman–Crippen LogP) is 2.99. The van der Waals surface area contributed by atoms with Crippen LogP contribution in [0.5, 0.6) is 0 Å². The highest BCUT2D eigenvalue weighted by Crippen LogP contribution is 2.26. The van der Waals surface area contributed by atoms with E-state index in [1.54, 1.807) is 31.2 Å². The maximum absolute atomic E-state index is 12.2. The standard InChI is InChI=1S/C19H18N4O3S/c1-12-8-10-15(11-9-12)18-22-23-19(26-18)27-13(2)16(24)20-21-17(25)14-6-4-3-5-7-14/h3-11,13H,1-2H3,(H,20,24)(H,21,25)/t13-/m1/s1. The summed E-state index contributed by atoms with van der Waals surface area (Å²) in [4.78, 5) is 24.1. The van der Waals surface area contributed by atoms with E-state index in [4.69, 9.17) is 4.42 Å². The summed E-state index contributed by atoms with van der Waals surface area (Å²) in [5.41, 5.74) is 7.18. The first-order chi connectivity index (χ1) is 13.0. The fourth-order valence-corrected chi connectivity index (χ4v) is 2.84. The Morgan fingerprint density at radius 2 is 1.70 bits per heavy atom. The van der Waals surface area contributed by atoms with E-state index in [0.29, 0.717) is 11.5 Å². The van der Waals surface area contributed by atoms with Crippen LogP contribution in [-0.2, 0) is 4.79 Å². The minimum Gasteiger partial charge on any atom is -0.411 e. The van der Waals surface area contributed by atoms with E-state index in [-0.39, 0.29) is 17.0 Å². The number of aromatic nitrogens is 2. The highest BCUT2D eigenvalue weighted by Gasteiger charge is 2.19. The Morgan fingerprint density at radius 3 is 2.41 bits per heavy atom. The smallest absolute Gasteiger partial charge is 0.277 e. The molecule has 2 amide bonds. The lowest BCUT2D eigenvalue weighted by atomic mass is 10.1. The first-order valence-electron chi connectivity index (χ1n) is 8.25. The Bertz CT molecular complexity index is 926. The van der Waals surface area contributed by atoms with Crippen molar-refractivity contribution in [2.75, 3.05) is 0 Å². The molecule has 3 aromatic rings. The number of benzene rings is 2. The van der Waals surface area contributed by atoms with Crippen LogP contribution in [0.4, 0.5) is 0 Å². The molecular formula is C19H18N4O3S. The van der Waals surface area contributed by atoms with Crippen molar-refractivity contribution >= 4 is 23.6 Å². The third-order valence-corrected chi connectivity index (χ3v) is 4.62. The number of carbonyl (C=O) groups excluding carboxylic acids is 2. The number of nitrogens with zero attached hydrogens (tertiary/aromatic N) is 2. The molecule has 0 saturated carbocycles. The molecule has 1 heterocycles. The summed E-state index contributed by atoms with van der Waals surface area (Å²) >= 11 is 1.11. The molecule has 3 rings (SSSR count). The van der Waals surface area contributed by atoms with Gasteiger partial charge < -0.3 is 4.42 Å². The first kappa shape index (κ1) is 18.7. The van der Waals surface area contributed by atoms with Gasteiger partial charge in [0.2, 0.25) is 5.89 Å². The monoisotopic (exact) mass is 382 g/mol. The fourth-order valence-electron chi connectivity index (χ4n) is 2.16. The Morgan fingerprint density at radius 1 is 1.00 bits per heavy atom. The molecule has 0 unspecified atom stereocenters. The first-order valence-corrected chi connectivity index (χ1v) is 9.13. The van der Waals surface area contributed by atoms with Crippen molar-refractivity contribution in [2.24, 2.45) is 0 Å². The number of hydrazine groups is 1. The minimum absolute atomic E-state index is 0.280. The number of thioether (sulfide) groups is 1. The van der Waals surface area contributed by atoms with Gasteiger partial charge in [0.25, 0.3) is 17.0 Å². The molecule has 1 aromatic heterocycles. The van der Waals surface area contributed by atoms with E-state index in [1.807, 2.05) is 37.3 Å². The van der Waals surface area contributed by atoms with Crippen LogP contribution in [0.25, 0.3) is 11.5 Å². The van der Waals surface area contributed by atoms with Gasteiger partial charge in [-0.15, -0.1) is 10.2 Å². The Labute approximate surface area is 160 Å². The third kappa shape index (κ3) is 4.95. The SMILES string of the molecule is Cc1ccc(-c2nnc(S[C@H](C)C(=O)NNC(=O)c3ccccc3)o2)cc1. The van der Waals surface area contributed by atoms with Gasteiger partial charge in [-0.25, -0.2) is 0 Å². The quantitative estimate of drug-likeness (QED) is 0.520. The van der Waals surface area contributed by atoms with Crippen molar-refractivity contribution < 1.29 is 14.0 Å². The molecule has 0 fully saturated rings. The maximum atomic E-state index is 12.2. The molecule has 2 N–H and O–H groups in total. The minimum atomic E-state index is -0.535. The van der Waals surface area contributed by atoms with Gasteiger partial charge in [0.05, 0.1) is 5.25 Å². The van der Waals surface area contributed by atoms with Crippen LogP contribution < -0.4 is 10.9 Å². The van der Waals surface area contributed by atoms with Crippen LogP contribution >= 0.6 is 11.8 Å². The fraction of sp³-hybridized carbons (Fsp3) is 0.158. The highest BCUT2D eigenvalue weighted by molar-refractivity contribution is 8.00. The van der Waals surface area contributed by atoms with Gasteiger partial charge >= 0.3 is 0 Å². The summed E-state index contributed by atoms with van der Waals surface area (Å²) in [5.74, 6) is -0.373. The predicted molar refractivity (Wildman–Crippen MR) is 102 cm³/mol. The van der Waals surface area contributed by atoms with Crippen molar-refractivity contribution in [1.82, 2.24) is 21.0 Å². The van der Waals surface area contributed by atoms with Crippen LogP contribution in [-0.4, -0.2) is 27.3 Å². The second kappa shape index (κ2) is 8.50. The van der Waals surface area contributed by atoms with Gasteiger partial charge in [0.1, 0.15) is 0 Å². The van der Waals surface area contributed by atoms with E-state index in [0.717, 1.165) is 22.9 Å². The molecule has 8 heteroatoms. The lowest BCUT2D eigenvalue weighted by molar-refractivity contribution is -0.121. The molecule has 0 bridgehead atoms. The molecule has 7 nitrogen and oxygen atoms in total. The van der Waals surface area contributed by atoms with Gasteiger partial charge in [-0.1, -0.05) is 47.7 Å².